The van der Waals surface area contributed by atoms with Gasteiger partial charge in [0.1, 0.15) is 22.5 Å². The zero-order valence-corrected chi connectivity index (χ0v) is 13.4. The number of aromatic nitrogens is 2. The van der Waals surface area contributed by atoms with E-state index in [4.69, 9.17) is 10.00 Å². The second-order valence-electron chi connectivity index (χ2n) is 4.96. The van der Waals surface area contributed by atoms with Crippen molar-refractivity contribution in [2.24, 2.45) is 7.05 Å². The van der Waals surface area contributed by atoms with Gasteiger partial charge in [0.2, 0.25) is 0 Å². The first-order valence-electron chi connectivity index (χ1n) is 6.81. The van der Waals surface area contributed by atoms with Crippen LogP contribution >= 0.6 is 11.3 Å². The van der Waals surface area contributed by atoms with Gasteiger partial charge in [0.05, 0.1) is 17.3 Å². The van der Waals surface area contributed by atoms with Gasteiger partial charge < -0.3 is 9.30 Å². The van der Waals surface area contributed by atoms with Crippen molar-refractivity contribution in [1.29, 1.82) is 5.26 Å². The zero-order chi connectivity index (χ0) is 15.7. The van der Waals surface area contributed by atoms with Crippen LogP contribution in [0, 0.1) is 18.3 Å². The molecule has 2 aromatic heterocycles. The first-order valence-corrected chi connectivity index (χ1v) is 7.63. The third-order valence-corrected chi connectivity index (χ3v) is 4.69. The molecule has 110 valence electrons. The molecule has 3 rings (SSSR count). The number of nitrogens with zero attached hydrogens (tertiary/aromatic N) is 3. The number of rotatable bonds is 3. The molecule has 0 aliphatic heterocycles. The van der Waals surface area contributed by atoms with Crippen molar-refractivity contribution in [3.05, 3.63) is 46.2 Å². The fourth-order valence-corrected chi connectivity index (χ4v) is 3.18. The van der Waals surface area contributed by atoms with Crippen LogP contribution in [0.25, 0.3) is 22.4 Å². The molecule has 1 aromatic carbocycles. The smallest absolute Gasteiger partial charge is 0.120 e. The van der Waals surface area contributed by atoms with E-state index in [0.717, 1.165) is 32.2 Å². The summed E-state index contributed by atoms with van der Waals surface area (Å²) in [4.78, 5) is 4.59. The highest BCUT2D eigenvalue weighted by Gasteiger charge is 2.07. The minimum absolute atomic E-state index is 0.659. The van der Waals surface area contributed by atoms with E-state index in [1.165, 1.54) is 0 Å². The molecule has 3 aromatic rings. The fraction of sp³-hybridized carbons (Fsp3) is 0.176. The molecule has 0 aliphatic carbocycles. The number of hydrogen-bond acceptors (Lipinski definition) is 4. The number of fused-ring (bicyclic) bond motifs is 1. The number of benzene rings is 1. The van der Waals surface area contributed by atoms with Crippen LogP contribution in [0.3, 0.4) is 0 Å². The second-order valence-corrected chi connectivity index (χ2v) is 6.02. The Morgan fingerprint density at radius 3 is 2.82 bits per heavy atom. The third-order valence-electron chi connectivity index (χ3n) is 3.71. The Morgan fingerprint density at radius 1 is 1.32 bits per heavy atom. The summed E-state index contributed by atoms with van der Waals surface area (Å²) in [6, 6.07) is 9.95. The van der Waals surface area contributed by atoms with Gasteiger partial charge in [-0.3, -0.25) is 0 Å². The van der Waals surface area contributed by atoms with Crippen molar-refractivity contribution < 1.29 is 4.74 Å². The van der Waals surface area contributed by atoms with Crippen molar-refractivity contribution in [2.45, 2.75) is 6.92 Å². The molecule has 0 fully saturated rings. The Hall–Kier alpha value is -2.58. The predicted molar refractivity (Wildman–Crippen MR) is 90.0 cm³/mol. The molecule has 2 heterocycles. The second kappa shape index (κ2) is 5.66. The van der Waals surface area contributed by atoms with Crippen LogP contribution in [0.5, 0.6) is 5.75 Å². The van der Waals surface area contributed by atoms with Gasteiger partial charge in [-0.25, -0.2) is 4.98 Å². The van der Waals surface area contributed by atoms with E-state index in [1.54, 1.807) is 18.4 Å². The quantitative estimate of drug-likeness (QED) is 0.735. The van der Waals surface area contributed by atoms with Crippen LogP contribution < -0.4 is 4.74 Å². The Balaban J connectivity index is 1.94. The van der Waals surface area contributed by atoms with E-state index < -0.39 is 0 Å². The molecule has 4 nitrogen and oxygen atoms in total. The maximum absolute atomic E-state index is 9.07. The Kier molecular flexibility index (Phi) is 3.70. The van der Waals surface area contributed by atoms with E-state index in [9.17, 15) is 0 Å². The van der Waals surface area contributed by atoms with Gasteiger partial charge in [-0.1, -0.05) is 6.08 Å². The summed E-state index contributed by atoms with van der Waals surface area (Å²) in [5.74, 6) is 0.837. The summed E-state index contributed by atoms with van der Waals surface area (Å²) in [6.45, 7) is 2.00. The van der Waals surface area contributed by atoms with Crippen molar-refractivity contribution in [1.82, 2.24) is 9.55 Å². The summed E-state index contributed by atoms with van der Waals surface area (Å²) in [7, 11) is 3.56. The highest BCUT2D eigenvalue weighted by atomic mass is 32.1. The maximum atomic E-state index is 9.07. The lowest BCUT2D eigenvalue weighted by molar-refractivity contribution is 0.415. The van der Waals surface area contributed by atoms with E-state index in [2.05, 4.69) is 11.1 Å². The molecule has 22 heavy (non-hydrogen) atoms. The van der Waals surface area contributed by atoms with Crippen molar-refractivity contribution in [3.8, 4) is 11.8 Å². The molecule has 0 bridgehead atoms. The Morgan fingerprint density at radius 2 is 2.14 bits per heavy atom. The summed E-state index contributed by atoms with van der Waals surface area (Å²) in [6.07, 6.45) is 3.99. The molecule has 0 saturated carbocycles. The first-order chi connectivity index (χ1) is 10.6. The zero-order valence-electron chi connectivity index (χ0n) is 12.6. The Labute approximate surface area is 132 Å². The molecular weight excluding hydrogens is 294 g/mol. The number of ether oxygens (including phenoxy) is 1. The van der Waals surface area contributed by atoms with Crippen molar-refractivity contribution in [3.63, 3.8) is 0 Å². The van der Waals surface area contributed by atoms with E-state index in [0.29, 0.717) is 5.69 Å². The fourth-order valence-electron chi connectivity index (χ4n) is 2.28. The molecule has 0 N–H and O–H groups in total. The average Bonchev–Trinajstić information content (AvgIpc) is 3.06. The highest BCUT2D eigenvalue weighted by molar-refractivity contribution is 7.19. The van der Waals surface area contributed by atoms with Gasteiger partial charge in [0, 0.05) is 12.7 Å². The van der Waals surface area contributed by atoms with Gasteiger partial charge in [-0.15, -0.1) is 11.3 Å². The van der Waals surface area contributed by atoms with Gasteiger partial charge in [-0.05, 0) is 42.8 Å². The summed E-state index contributed by atoms with van der Waals surface area (Å²) >= 11 is 1.62. The van der Waals surface area contributed by atoms with Crippen molar-refractivity contribution in [2.75, 3.05) is 7.11 Å². The lowest BCUT2D eigenvalue weighted by Crippen LogP contribution is -1.93. The summed E-state index contributed by atoms with van der Waals surface area (Å²) < 4.78 is 8.22. The first kappa shape index (κ1) is 14.4. The lowest BCUT2D eigenvalue weighted by atomic mass is 10.2. The maximum Gasteiger partial charge on any atom is 0.120 e. The summed E-state index contributed by atoms with van der Waals surface area (Å²) in [5, 5.41) is 10.0. The standard InChI is InChI=1S/C17H15N3OS/c1-11-12(8-13(10-18)20(11)2)4-7-17-19-15-6-5-14(21-3)9-16(15)22-17/h4-9H,1-3H3/b7-4+. The Bertz CT molecular complexity index is 912. The van der Waals surface area contributed by atoms with Gasteiger partial charge >= 0.3 is 0 Å². The van der Waals surface area contributed by atoms with E-state index >= 15 is 0 Å². The van der Waals surface area contributed by atoms with Crippen LogP contribution in [0.4, 0.5) is 0 Å². The van der Waals surface area contributed by atoms with Crippen LogP contribution in [0.15, 0.2) is 24.3 Å². The molecule has 0 spiro atoms. The summed E-state index contributed by atoms with van der Waals surface area (Å²) in [5.41, 5.74) is 3.73. The molecule has 0 atom stereocenters. The number of thiazole rings is 1. The SMILES string of the molecule is COc1ccc2nc(/C=C/c3cc(C#N)n(C)c3C)sc2c1. The minimum Gasteiger partial charge on any atom is -0.497 e. The van der Waals surface area contributed by atoms with Gasteiger partial charge in [-0.2, -0.15) is 5.26 Å². The normalized spacial score (nSPS) is 11.2. The van der Waals surface area contributed by atoms with Gasteiger partial charge in [0.15, 0.2) is 0 Å². The molecule has 0 saturated heterocycles. The molecule has 0 amide bonds. The van der Waals surface area contributed by atoms with Crippen LogP contribution in [0.2, 0.25) is 0 Å². The van der Waals surface area contributed by atoms with Crippen molar-refractivity contribution >= 4 is 33.7 Å². The molecule has 0 unspecified atom stereocenters. The average molecular weight is 309 g/mol. The highest BCUT2D eigenvalue weighted by Crippen LogP contribution is 2.27. The number of methoxy groups -OCH3 is 1. The largest absolute Gasteiger partial charge is 0.497 e. The lowest BCUT2D eigenvalue weighted by Gasteiger charge is -1.97. The molecule has 5 heteroatoms. The van der Waals surface area contributed by atoms with E-state index in [1.807, 2.05) is 55.0 Å². The minimum atomic E-state index is 0.659. The molecular formula is C17H15N3OS. The topological polar surface area (TPSA) is 50.8 Å². The number of hydrogen-bond donors (Lipinski definition) is 0. The third kappa shape index (κ3) is 2.49. The van der Waals surface area contributed by atoms with E-state index in [-0.39, 0.29) is 0 Å². The van der Waals surface area contributed by atoms with Gasteiger partial charge in [0.25, 0.3) is 0 Å². The monoisotopic (exact) mass is 309 g/mol. The predicted octanol–water partition coefficient (Wildman–Crippen LogP) is 3.99. The van der Waals surface area contributed by atoms with Crippen LogP contribution in [0.1, 0.15) is 22.0 Å². The van der Waals surface area contributed by atoms with Crippen LogP contribution in [-0.4, -0.2) is 16.7 Å². The molecule has 0 aliphatic rings. The molecule has 0 radical (unpaired) electrons. The number of nitriles is 1. The van der Waals surface area contributed by atoms with Crippen LogP contribution in [-0.2, 0) is 7.05 Å².